The number of thioether (sulfide) groups is 2. The summed E-state index contributed by atoms with van der Waals surface area (Å²) in [4.78, 5) is 12.3. The number of nitrogens with one attached hydrogen (secondary N) is 1. The van der Waals surface area contributed by atoms with Crippen molar-refractivity contribution >= 4 is 46.5 Å². The van der Waals surface area contributed by atoms with Crippen LogP contribution in [-0.4, -0.2) is 27.1 Å². The lowest BCUT2D eigenvalue weighted by Gasteiger charge is -2.10. The maximum absolute atomic E-state index is 12.3. The first-order valence-electron chi connectivity index (χ1n) is 7.06. The number of anilines is 1. The van der Waals surface area contributed by atoms with Crippen molar-refractivity contribution in [3.05, 3.63) is 42.0 Å². The summed E-state index contributed by atoms with van der Waals surface area (Å²) in [5, 5.41) is 19.6. The first kappa shape index (κ1) is 18.5. The summed E-state index contributed by atoms with van der Waals surface area (Å²) in [5.41, 5.74) is 2.20. The zero-order valence-corrected chi connectivity index (χ0v) is 15.7. The van der Waals surface area contributed by atoms with Gasteiger partial charge in [0.15, 0.2) is 8.68 Å². The van der Waals surface area contributed by atoms with Crippen LogP contribution in [0.3, 0.4) is 0 Å². The fraction of sp³-hybridized carbons (Fsp3) is 0.250. The maximum Gasteiger partial charge on any atom is 0.237 e. The molecule has 1 amide bonds. The average Bonchev–Trinajstić information content (AvgIpc) is 3.00. The fourth-order valence-corrected chi connectivity index (χ4v) is 4.61. The van der Waals surface area contributed by atoms with Crippen molar-refractivity contribution in [1.82, 2.24) is 10.2 Å². The van der Waals surface area contributed by atoms with Gasteiger partial charge in [0, 0.05) is 11.4 Å². The van der Waals surface area contributed by atoms with Crippen molar-refractivity contribution in [2.75, 3.05) is 11.1 Å². The van der Waals surface area contributed by atoms with Gasteiger partial charge in [0.2, 0.25) is 5.91 Å². The summed E-state index contributed by atoms with van der Waals surface area (Å²) in [7, 11) is 0. The Morgan fingerprint density at radius 1 is 1.46 bits per heavy atom. The molecule has 0 bridgehead atoms. The Hall–Kier alpha value is -1.82. The molecule has 2 aromatic rings. The zero-order valence-electron chi connectivity index (χ0n) is 13.3. The predicted octanol–water partition coefficient (Wildman–Crippen LogP) is 4.20. The second-order valence-corrected chi connectivity index (χ2v) is 8.81. The molecule has 1 aromatic carbocycles. The maximum atomic E-state index is 12.3. The van der Waals surface area contributed by atoms with Crippen LogP contribution in [0.4, 0.5) is 5.69 Å². The van der Waals surface area contributed by atoms with Crippen molar-refractivity contribution in [2.45, 2.75) is 27.8 Å². The van der Waals surface area contributed by atoms with Gasteiger partial charge >= 0.3 is 0 Å². The van der Waals surface area contributed by atoms with E-state index in [4.69, 9.17) is 5.26 Å². The Kier molecular flexibility index (Phi) is 6.85. The number of carbonyl (C=O) groups is 1. The molecule has 2 rings (SSSR count). The molecule has 0 unspecified atom stereocenters. The Morgan fingerprint density at radius 2 is 2.21 bits per heavy atom. The quantitative estimate of drug-likeness (QED) is 0.576. The lowest BCUT2D eigenvalue weighted by atomic mass is 10.2. The van der Waals surface area contributed by atoms with Gasteiger partial charge in [0.1, 0.15) is 0 Å². The first-order chi connectivity index (χ1) is 11.5. The highest BCUT2D eigenvalue weighted by atomic mass is 32.2. The molecule has 0 radical (unpaired) electrons. The number of hydrogen-bond acceptors (Lipinski definition) is 7. The van der Waals surface area contributed by atoms with Gasteiger partial charge in [-0.3, -0.25) is 4.79 Å². The van der Waals surface area contributed by atoms with E-state index >= 15 is 0 Å². The van der Waals surface area contributed by atoms with Crippen LogP contribution in [-0.2, 0) is 4.79 Å². The SMILES string of the molecule is C=C(C)CSc1nnc(S[C@@H](C)C(=O)Nc2cccc(C#N)c2)s1. The van der Waals surface area contributed by atoms with Crippen LogP contribution in [0.5, 0.6) is 0 Å². The van der Waals surface area contributed by atoms with E-state index in [9.17, 15) is 4.79 Å². The summed E-state index contributed by atoms with van der Waals surface area (Å²) >= 11 is 4.43. The molecule has 24 heavy (non-hydrogen) atoms. The van der Waals surface area contributed by atoms with Crippen LogP contribution < -0.4 is 5.32 Å². The van der Waals surface area contributed by atoms with Crippen molar-refractivity contribution < 1.29 is 4.79 Å². The molecule has 1 atom stereocenters. The second kappa shape index (κ2) is 8.87. The third-order valence-electron chi connectivity index (χ3n) is 2.74. The van der Waals surface area contributed by atoms with E-state index in [1.165, 1.54) is 23.1 Å². The smallest absolute Gasteiger partial charge is 0.237 e. The third-order valence-corrected chi connectivity index (χ3v) is 6.21. The van der Waals surface area contributed by atoms with E-state index in [1.54, 1.807) is 36.0 Å². The van der Waals surface area contributed by atoms with Gasteiger partial charge in [-0.1, -0.05) is 53.1 Å². The number of rotatable bonds is 7. The van der Waals surface area contributed by atoms with Gasteiger partial charge in [0.25, 0.3) is 0 Å². The van der Waals surface area contributed by atoms with Gasteiger partial charge in [0.05, 0.1) is 16.9 Å². The topological polar surface area (TPSA) is 78.7 Å². The minimum Gasteiger partial charge on any atom is -0.325 e. The van der Waals surface area contributed by atoms with Gasteiger partial charge in [-0.25, -0.2) is 0 Å². The fourth-order valence-electron chi connectivity index (χ4n) is 1.60. The number of benzene rings is 1. The summed E-state index contributed by atoms with van der Waals surface area (Å²) < 4.78 is 1.63. The first-order valence-corrected chi connectivity index (χ1v) is 9.74. The Bertz CT molecular complexity index is 782. The molecule has 1 N–H and O–H groups in total. The highest BCUT2D eigenvalue weighted by molar-refractivity contribution is 8.04. The molecule has 8 heteroatoms. The van der Waals surface area contributed by atoms with Crippen molar-refractivity contribution in [1.29, 1.82) is 5.26 Å². The number of hydrogen-bond donors (Lipinski definition) is 1. The molecule has 0 aliphatic carbocycles. The average molecular weight is 377 g/mol. The zero-order chi connectivity index (χ0) is 17.5. The van der Waals surface area contributed by atoms with Gasteiger partial charge in [-0.15, -0.1) is 10.2 Å². The molecule has 1 aromatic heterocycles. The lowest BCUT2D eigenvalue weighted by Crippen LogP contribution is -2.22. The molecule has 5 nitrogen and oxygen atoms in total. The number of carbonyl (C=O) groups excluding carboxylic acids is 1. The van der Waals surface area contributed by atoms with Crippen LogP contribution in [0.2, 0.25) is 0 Å². The molecule has 0 aliphatic heterocycles. The number of nitrogens with zero attached hydrogens (tertiary/aromatic N) is 3. The number of nitriles is 1. The molecule has 0 spiro atoms. The molecule has 0 fully saturated rings. The largest absolute Gasteiger partial charge is 0.325 e. The minimum atomic E-state index is -0.317. The molecule has 0 aliphatic rings. The predicted molar refractivity (Wildman–Crippen MR) is 101 cm³/mol. The molecule has 0 saturated heterocycles. The lowest BCUT2D eigenvalue weighted by molar-refractivity contribution is -0.115. The molecule has 0 saturated carbocycles. The number of aromatic nitrogens is 2. The summed E-state index contributed by atoms with van der Waals surface area (Å²) in [5.74, 6) is 0.673. The number of amides is 1. The van der Waals surface area contributed by atoms with Crippen molar-refractivity contribution in [3.8, 4) is 6.07 Å². The Labute approximate surface area is 153 Å². The molecular weight excluding hydrogens is 360 g/mol. The summed E-state index contributed by atoms with van der Waals surface area (Å²) in [6.45, 7) is 7.64. The van der Waals surface area contributed by atoms with E-state index in [0.717, 1.165) is 20.0 Å². The van der Waals surface area contributed by atoms with Gasteiger partial charge < -0.3 is 5.32 Å². The van der Waals surface area contributed by atoms with E-state index < -0.39 is 0 Å². The van der Waals surface area contributed by atoms with Gasteiger partial charge in [-0.2, -0.15) is 5.26 Å². The monoisotopic (exact) mass is 376 g/mol. The third kappa shape index (κ3) is 5.67. The highest BCUT2D eigenvalue weighted by Gasteiger charge is 2.17. The normalized spacial score (nSPS) is 11.5. The molecule has 124 valence electrons. The van der Waals surface area contributed by atoms with Crippen LogP contribution in [0.1, 0.15) is 19.4 Å². The van der Waals surface area contributed by atoms with E-state index in [-0.39, 0.29) is 11.2 Å². The molecular formula is C16H16N4OS3. The minimum absolute atomic E-state index is 0.138. The van der Waals surface area contributed by atoms with E-state index in [2.05, 4.69) is 28.2 Å². The van der Waals surface area contributed by atoms with E-state index in [1.807, 2.05) is 13.8 Å². The van der Waals surface area contributed by atoms with Crippen LogP contribution in [0, 0.1) is 11.3 Å². The Morgan fingerprint density at radius 3 is 2.92 bits per heavy atom. The highest BCUT2D eigenvalue weighted by Crippen LogP contribution is 2.32. The van der Waals surface area contributed by atoms with Crippen LogP contribution in [0.15, 0.2) is 45.1 Å². The summed E-state index contributed by atoms with van der Waals surface area (Å²) in [6.07, 6.45) is 0. The van der Waals surface area contributed by atoms with E-state index in [0.29, 0.717) is 11.3 Å². The second-order valence-electron chi connectivity index (χ2n) is 5.02. The summed E-state index contributed by atoms with van der Waals surface area (Å²) in [6, 6.07) is 8.89. The molecule has 1 heterocycles. The van der Waals surface area contributed by atoms with Crippen LogP contribution in [0.25, 0.3) is 0 Å². The Balaban J connectivity index is 1.91. The van der Waals surface area contributed by atoms with Crippen molar-refractivity contribution in [3.63, 3.8) is 0 Å². The van der Waals surface area contributed by atoms with Crippen LogP contribution >= 0.6 is 34.9 Å². The van der Waals surface area contributed by atoms with Gasteiger partial charge in [-0.05, 0) is 32.0 Å². The van der Waals surface area contributed by atoms with Crippen molar-refractivity contribution in [2.24, 2.45) is 0 Å². The standard InChI is InChI=1S/C16H16N4OS3/c1-10(2)9-22-15-19-20-16(24-15)23-11(3)14(21)18-13-6-4-5-12(7-13)8-17/h4-7,11H,1,9H2,2-3H3,(H,18,21)/t11-/m0/s1.